The van der Waals surface area contributed by atoms with Gasteiger partial charge in [0.1, 0.15) is 0 Å². The van der Waals surface area contributed by atoms with Crippen LogP contribution in [0, 0.1) is 0 Å². The van der Waals surface area contributed by atoms with Gasteiger partial charge in [-0.15, -0.1) is 0 Å². The van der Waals surface area contributed by atoms with Gasteiger partial charge in [-0.1, -0.05) is 12.1 Å². The molecule has 3 aromatic heterocycles. The Morgan fingerprint density at radius 1 is 1.00 bits per heavy atom. The first-order chi connectivity index (χ1) is 14.5. The minimum absolute atomic E-state index is 0.207. The summed E-state index contributed by atoms with van der Waals surface area (Å²) in [6.07, 6.45) is 3.12. The number of benzene rings is 1. The molecule has 0 aliphatic rings. The number of fused-ring (bicyclic) bond motifs is 1. The van der Waals surface area contributed by atoms with Gasteiger partial charge in [0.05, 0.1) is 35.5 Å². The van der Waals surface area contributed by atoms with E-state index in [1.807, 2.05) is 0 Å². The highest BCUT2D eigenvalue weighted by atomic mass is 16.5. The van der Waals surface area contributed by atoms with Crippen molar-refractivity contribution in [1.82, 2.24) is 19.1 Å². The Morgan fingerprint density at radius 3 is 2.53 bits per heavy atom. The average Bonchev–Trinajstić information content (AvgIpc) is 2.79. The van der Waals surface area contributed by atoms with E-state index in [0.717, 1.165) is 4.57 Å². The van der Waals surface area contributed by atoms with Crippen molar-refractivity contribution in [2.24, 2.45) is 0 Å². The molecule has 0 aliphatic carbocycles. The van der Waals surface area contributed by atoms with Crippen molar-refractivity contribution in [2.75, 3.05) is 7.11 Å². The lowest BCUT2D eigenvalue weighted by molar-refractivity contribution is 0.0600. The summed E-state index contributed by atoms with van der Waals surface area (Å²) in [5, 5.41) is 0.281. The molecule has 1 atom stereocenters. The third-order valence-electron chi connectivity index (χ3n) is 4.87. The summed E-state index contributed by atoms with van der Waals surface area (Å²) in [4.78, 5) is 47.2. The van der Waals surface area contributed by atoms with E-state index in [4.69, 9.17) is 4.74 Å². The summed E-state index contributed by atoms with van der Waals surface area (Å²) >= 11 is 0. The largest absolute Gasteiger partial charge is 0.465 e. The monoisotopic (exact) mass is 402 g/mol. The van der Waals surface area contributed by atoms with Crippen LogP contribution >= 0.6 is 0 Å². The summed E-state index contributed by atoms with van der Waals surface area (Å²) < 4.78 is 7.25. The number of rotatable bonds is 4. The molecule has 150 valence electrons. The van der Waals surface area contributed by atoms with Gasteiger partial charge < -0.3 is 4.74 Å². The van der Waals surface area contributed by atoms with E-state index in [0.29, 0.717) is 11.4 Å². The number of pyridine rings is 2. The van der Waals surface area contributed by atoms with Gasteiger partial charge in [-0.2, -0.15) is 0 Å². The van der Waals surface area contributed by atoms with Crippen molar-refractivity contribution >= 4 is 17.0 Å². The highest BCUT2D eigenvalue weighted by Crippen LogP contribution is 2.17. The first-order valence-corrected chi connectivity index (χ1v) is 9.25. The Balaban J connectivity index is 2.05. The summed E-state index contributed by atoms with van der Waals surface area (Å²) in [6, 6.07) is 14.4. The second-order valence-corrected chi connectivity index (χ2v) is 6.64. The number of hydrogen-bond donors (Lipinski definition) is 0. The number of carbonyl (C=O) groups excluding carboxylic acids is 1. The molecule has 0 radical (unpaired) electrons. The Hall–Kier alpha value is -4.07. The fraction of sp³-hybridized carbons (Fsp3) is 0.136. The van der Waals surface area contributed by atoms with Gasteiger partial charge in [0, 0.05) is 12.4 Å². The maximum Gasteiger partial charge on any atom is 0.337 e. The molecule has 1 aromatic carbocycles. The van der Waals surface area contributed by atoms with Crippen LogP contribution < -0.4 is 11.2 Å². The maximum atomic E-state index is 13.5. The van der Waals surface area contributed by atoms with Crippen LogP contribution in [-0.2, 0) is 4.74 Å². The lowest BCUT2D eigenvalue weighted by Crippen LogP contribution is -2.42. The van der Waals surface area contributed by atoms with E-state index in [-0.39, 0.29) is 16.6 Å². The number of aromatic nitrogens is 4. The van der Waals surface area contributed by atoms with Crippen molar-refractivity contribution in [2.45, 2.75) is 13.0 Å². The molecular formula is C22H18N4O4. The van der Waals surface area contributed by atoms with Crippen LogP contribution in [0.1, 0.15) is 29.0 Å². The van der Waals surface area contributed by atoms with Crippen LogP contribution in [0.2, 0.25) is 0 Å². The Morgan fingerprint density at radius 2 is 1.80 bits per heavy atom. The first-order valence-electron chi connectivity index (χ1n) is 9.25. The van der Waals surface area contributed by atoms with E-state index in [1.54, 1.807) is 61.7 Å². The van der Waals surface area contributed by atoms with Crippen molar-refractivity contribution < 1.29 is 9.53 Å². The second-order valence-electron chi connectivity index (χ2n) is 6.64. The van der Waals surface area contributed by atoms with Gasteiger partial charge in [-0.3, -0.25) is 14.3 Å². The van der Waals surface area contributed by atoms with E-state index in [2.05, 4.69) is 9.97 Å². The molecule has 8 nitrogen and oxygen atoms in total. The molecular weight excluding hydrogens is 384 g/mol. The molecule has 0 N–H and O–H groups in total. The number of esters is 1. The second kappa shape index (κ2) is 7.75. The molecule has 0 saturated carbocycles. The summed E-state index contributed by atoms with van der Waals surface area (Å²) in [5.41, 5.74) is 0.428. The van der Waals surface area contributed by atoms with Gasteiger partial charge in [0.15, 0.2) is 5.65 Å². The highest BCUT2D eigenvalue weighted by Gasteiger charge is 2.21. The zero-order chi connectivity index (χ0) is 21.3. The smallest absolute Gasteiger partial charge is 0.337 e. The summed E-state index contributed by atoms with van der Waals surface area (Å²) in [5.74, 6) is -0.530. The molecule has 8 heteroatoms. The van der Waals surface area contributed by atoms with Crippen molar-refractivity contribution in [1.29, 1.82) is 0 Å². The van der Waals surface area contributed by atoms with E-state index >= 15 is 0 Å². The Bertz CT molecular complexity index is 1360. The molecule has 4 aromatic rings. The zero-order valence-electron chi connectivity index (χ0n) is 16.4. The van der Waals surface area contributed by atoms with E-state index < -0.39 is 23.3 Å². The van der Waals surface area contributed by atoms with Crippen LogP contribution in [0.25, 0.3) is 16.7 Å². The standard InChI is InChI=1S/C22H18N4O4/c1-14(18-10-3-4-11-23-18)25-20(27)17-9-6-12-24-19(17)26(22(25)29)16-8-5-7-15(13-16)21(28)30-2/h3-14H,1-2H3. The minimum atomic E-state index is -0.606. The Labute approximate surface area is 171 Å². The van der Waals surface area contributed by atoms with Crippen LogP contribution in [0.5, 0.6) is 0 Å². The molecule has 30 heavy (non-hydrogen) atoms. The van der Waals surface area contributed by atoms with Gasteiger partial charge >= 0.3 is 11.7 Å². The van der Waals surface area contributed by atoms with Gasteiger partial charge in [0.2, 0.25) is 0 Å². The zero-order valence-corrected chi connectivity index (χ0v) is 16.4. The molecule has 0 amide bonds. The Kier molecular flexibility index (Phi) is 4.97. The molecule has 0 fully saturated rings. The summed E-state index contributed by atoms with van der Waals surface area (Å²) in [7, 11) is 1.28. The SMILES string of the molecule is COC(=O)c1cccc(-n2c(=O)n(C(C)c3ccccn3)c(=O)c3cccnc32)c1. The highest BCUT2D eigenvalue weighted by molar-refractivity contribution is 5.90. The van der Waals surface area contributed by atoms with Crippen LogP contribution in [0.15, 0.2) is 76.6 Å². The van der Waals surface area contributed by atoms with E-state index in [1.165, 1.54) is 23.9 Å². The van der Waals surface area contributed by atoms with Crippen molar-refractivity contribution in [3.63, 3.8) is 0 Å². The number of hydrogen-bond acceptors (Lipinski definition) is 6. The number of nitrogens with zero attached hydrogens (tertiary/aromatic N) is 4. The molecule has 0 aliphatic heterocycles. The summed E-state index contributed by atoms with van der Waals surface area (Å²) in [6.45, 7) is 1.74. The van der Waals surface area contributed by atoms with Crippen molar-refractivity contribution in [3.8, 4) is 5.69 Å². The number of carbonyl (C=O) groups is 1. The number of methoxy groups -OCH3 is 1. The molecule has 4 rings (SSSR count). The van der Waals surface area contributed by atoms with Crippen LogP contribution in [0.4, 0.5) is 0 Å². The predicted octanol–water partition coefficient (Wildman–Crippen LogP) is 2.34. The predicted molar refractivity (Wildman–Crippen MR) is 111 cm³/mol. The van der Waals surface area contributed by atoms with Gasteiger partial charge in [0.25, 0.3) is 5.56 Å². The maximum absolute atomic E-state index is 13.5. The van der Waals surface area contributed by atoms with Crippen LogP contribution in [-0.4, -0.2) is 32.2 Å². The minimum Gasteiger partial charge on any atom is -0.465 e. The first kappa shape index (κ1) is 19.3. The molecule has 0 spiro atoms. The quantitative estimate of drug-likeness (QED) is 0.486. The average molecular weight is 402 g/mol. The topological polar surface area (TPSA) is 96.1 Å². The normalized spacial score (nSPS) is 11.9. The lowest BCUT2D eigenvalue weighted by atomic mass is 10.2. The van der Waals surface area contributed by atoms with Crippen LogP contribution in [0.3, 0.4) is 0 Å². The lowest BCUT2D eigenvalue weighted by Gasteiger charge is -2.18. The molecule has 3 heterocycles. The third kappa shape index (κ3) is 3.18. The number of ether oxygens (including phenoxy) is 1. The molecule has 0 bridgehead atoms. The van der Waals surface area contributed by atoms with Gasteiger partial charge in [-0.05, 0) is 49.4 Å². The van der Waals surface area contributed by atoms with Crippen molar-refractivity contribution in [3.05, 3.63) is 99.1 Å². The molecule has 1 unspecified atom stereocenters. The molecule has 0 saturated heterocycles. The fourth-order valence-corrected chi connectivity index (χ4v) is 3.38. The van der Waals surface area contributed by atoms with Gasteiger partial charge in [-0.25, -0.2) is 19.1 Å². The van der Waals surface area contributed by atoms with E-state index in [9.17, 15) is 14.4 Å². The fourth-order valence-electron chi connectivity index (χ4n) is 3.38. The third-order valence-corrected chi connectivity index (χ3v) is 4.87.